The summed E-state index contributed by atoms with van der Waals surface area (Å²) in [6, 6.07) is 18.7. The van der Waals surface area contributed by atoms with E-state index in [4.69, 9.17) is 8.94 Å². The molecule has 6 heteroatoms. The van der Waals surface area contributed by atoms with E-state index in [1.165, 1.54) is 6.26 Å². The van der Waals surface area contributed by atoms with Gasteiger partial charge in [0.25, 0.3) is 0 Å². The molecule has 0 amide bonds. The monoisotopic (exact) mass is 341 g/mol. The van der Waals surface area contributed by atoms with E-state index >= 15 is 0 Å². The second-order valence-corrected chi connectivity index (χ2v) is 5.83. The highest BCUT2D eigenvalue weighted by Crippen LogP contribution is 2.31. The molecule has 0 fully saturated rings. The smallest absolute Gasteiger partial charge is 0.345 e. The molecule has 0 unspecified atom stereocenters. The van der Waals surface area contributed by atoms with Crippen molar-refractivity contribution in [3.8, 4) is 22.5 Å². The lowest BCUT2D eigenvalue weighted by atomic mass is 10.1. The van der Waals surface area contributed by atoms with E-state index < -0.39 is 5.63 Å². The maximum absolute atomic E-state index is 12.5. The van der Waals surface area contributed by atoms with Crippen LogP contribution < -0.4 is 5.63 Å². The van der Waals surface area contributed by atoms with Crippen molar-refractivity contribution in [1.29, 1.82) is 0 Å². The number of hydrogen-bond acceptors (Lipinski definition) is 6. The van der Waals surface area contributed by atoms with Gasteiger partial charge in [0.05, 0.1) is 10.9 Å². The molecule has 6 nitrogen and oxygen atoms in total. The number of benzene rings is 2. The zero-order valence-corrected chi connectivity index (χ0v) is 13.4. The lowest BCUT2D eigenvalue weighted by molar-refractivity contribution is 0.428. The van der Waals surface area contributed by atoms with E-state index in [0.29, 0.717) is 33.4 Å². The maximum Gasteiger partial charge on any atom is 0.345 e. The summed E-state index contributed by atoms with van der Waals surface area (Å²) in [5, 5.41) is 14.1. The molecule has 0 bridgehead atoms. The van der Waals surface area contributed by atoms with Gasteiger partial charge in [0.2, 0.25) is 0 Å². The molecule has 3 aromatic heterocycles. The molecule has 2 aromatic carbocycles. The zero-order chi connectivity index (χ0) is 17.5. The second kappa shape index (κ2) is 5.63. The first-order valence-corrected chi connectivity index (χ1v) is 8.01. The molecule has 0 aliphatic heterocycles. The number of para-hydroxylation sites is 1. The van der Waals surface area contributed by atoms with Crippen LogP contribution in [0.1, 0.15) is 0 Å². The summed E-state index contributed by atoms with van der Waals surface area (Å²) >= 11 is 0. The van der Waals surface area contributed by atoms with Crippen molar-refractivity contribution in [2.45, 2.75) is 0 Å². The maximum atomic E-state index is 12.5. The first kappa shape index (κ1) is 14.5. The Kier molecular flexibility index (Phi) is 3.15. The number of rotatable bonds is 2. The standard InChI is InChI=1S/C20H11N3O3/c24-20-14(10-13-8-4-5-9-16(13)26-20)18-15-11-25-23-19(15)17(21-22-18)12-6-2-1-3-7-12/h1-11H. The molecule has 5 aromatic rings. The largest absolute Gasteiger partial charge is 0.422 e. The molecule has 3 heterocycles. The van der Waals surface area contributed by atoms with Crippen LogP contribution in [0.15, 0.2) is 80.7 Å². The van der Waals surface area contributed by atoms with Crippen LogP contribution in [0.4, 0.5) is 0 Å². The van der Waals surface area contributed by atoms with Gasteiger partial charge in [-0.25, -0.2) is 4.79 Å². The lowest BCUT2D eigenvalue weighted by Gasteiger charge is -2.05. The molecule has 0 spiro atoms. The van der Waals surface area contributed by atoms with Crippen LogP contribution in [-0.2, 0) is 0 Å². The fourth-order valence-electron chi connectivity index (χ4n) is 2.99. The van der Waals surface area contributed by atoms with Gasteiger partial charge < -0.3 is 8.94 Å². The predicted octanol–water partition coefficient (Wildman–Crippen LogP) is 4.06. The highest BCUT2D eigenvalue weighted by molar-refractivity contribution is 5.99. The minimum atomic E-state index is -0.479. The van der Waals surface area contributed by atoms with E-state index in [0.717, 1.165) is 10.9 Å². The molecule has 0 aliphatic rings. The van der Waals surface area contributed by atoms with Gasteiger partial charge in [0, 0.05) is 10.9 Å². The Morgan fingerprint density at radius 3 is 2.50 bits per heavy atom. The van der Waals surface area contributed by atoms with Crippen molar-refractivity contribution >= 4 is 21.9 Å². The number of aromatic nitrogens is 3. The summed E-state index contributed by atoms with van der Waals surface area (Å²) < 4.78 is 10.6. The highest BCUT2D eigenvalue weighted by atomic mass is 16.5. The summed E-state index contributed by atoms with van der Waals surface area (Å²) in [7, 11) is 0. The summed E-state index contributed by atoms with van der Waals surface area (Å²) in [6.45, 7) is 0. The van der Waals surface area contributed by atoms with E-state index in [1.807, 2.05) is 48.5 Å². The Hall–Kier alpha value is -3.80. The summed E-state index contributed by atoms with van der Waals surface area (Å²) in [5.41, 5.74) is 2.78. The third-order valence-corrected chi connectivity index (χ3v) is 4.24. The van der Waals surface area contributed by atoms with E-state index in [1.54, 1.807) is 12.1 Å². The number of fused-ring (bicyclic) bond motifs is 2. The average Bonchev–Trinajstić information content (AvgIpc) is 3.17. The van der Waals surface area contributed by atoms with Crippen molar-refractivity contribution in [2.75, 3.05) is 0 Å². The normalized spacial score (nSPS) is 11.2. The van der Waals surface area contributed by atoms with Gasteiger partial charge in [-0.1, -0.05) is 53.7 Å². The van der Waals surface area contributed by atoms with Crippen LogP contribution in [0.5, 0.6) is 0 Å². The van der Waals surface area contributed by atoms with Gasteiger partial charge in [-0.3, -0.25) is 0 Å². The van der Waals surface area contributed by atoms with Crippen molar-refractivity contribution in [1.82, 2.24) is 15.4 Å². The van der Waals surface area contributed by atoms with E-state index in [-0.39, 0.29) is 0 Å². The Morgan fingerprint density at radius 1 is 0.846 bits per heavy atom. The van der Waals surface area contributed by atoms with Crippen LogP contribution in [0, 0.1) is 0 Å². The predicted molar refractivity (Wildman–Crippen MR) is 96.5 cm³/mol. The molecule has 124 valence electrons. The highest BCUT2D eigenvalue weighted by Gasteiger charge is 2.19. The summed E-state index contributed by atoms with van der Waals surface area (Å²) in [5.74, 6) is 0. The van der Waals surface area contributed by atoms with Gasteiger partial charge in [-0.05, 0) is 12.1 Å². The molecule has 0 saturated heterocycles. The SMILES string of the molecule is O=c1oc2ccccc2cc1-c1nnc(-c2ccccc2)c2nocc12. The Bertz CT molecular complexity index is 1310. The zero-order valence-electron chi connectivity index (χ0n) is 13.4. The Balaban J connectivity index is 1.78. The third kappa shape index (κ3) is 2.20. The number of nitrogens with zero attached hydrogens (tertiary/aromatic N) is 3. The number of hydrogen-bond donors (Lipinski definition) is 0. The quantitative estimate of drug-likeness (QED) is 0.450. The summed E-state index contributed by atoms with van der Waals surface area (Å²) in [4.78, 5) is 12.5. The molecule has 5 rings (SSSR count). The molecular formula is C20H11N3O3. The lowest BCUT2D eigenvalue weighted by Crippen LogP contribution is -2.05. The summed E-state index contributed by atoms with van der Waals surface area (Å²) in [6.07, 6.45) is 1.47. The minimum absolute atomic E-state index is 0.323. The molecule has 0 saturated carbocycles. The van der Waals surface area contributed by atoms with E-state index in [2.05, 4.69) is 15.4 Å². The second-order valence-electron chi connectivity index (χ2n) is 5.83. The fraction of sp³-hybridized carbons (Fsp3) is 0. The fourth-order valence-corrected chi connectivity index (χ4v) is 2.99. The van der Waals surface area contributed by atoms with E-state index in [9.17, 15) is 4.79 Å². The van der Waals surface area contributed by atoms with Gasteiger partial charge >= 0.3 is 5.63 Å². The van der Waals surface area contributed by atoms with Crippen molar-refractivity contribution in [3.63, 3.8) is 0 Å². The molecule has 0 radical (unpaired) electrons. The molecular weight excluding hydrogens is 330 g/mol. The molecule has 0 N–H and O–H groups in total. The Morgan fingerprint density at radius 2 is 1.62 bits per heavy atom. The first-order valence-electron chi connectivity index (χ1n) is 8.01. The van der Waals surface area contributed by atoms with Crippen molar-refractivity contribution < 1.29 is 8.94 Å². The Labute approximate surface area is 146 Å². The van der Waals surface area contributed by atoms with Crippen LogP contribution in [0.3, 0.4) is 0 Å². The van der Waals surface area contributed by atoms with Gasteiger partial charge in [-0.2, -0.15) is 0 Å². The van der Waals surface area contributed by atoms with Crippen LogP contribution in [0.2, 0.25) is 0 Å². The van der Waals surface area contributed by atoms with Gasteiger partial charge in [-0.15, -0.1) is 10.2 Å². The molecule has 26 heavy (non-hydrogen) atoms. The minimum Gasteiger partial charge on any atom is -0.422 e. The first-order chi connectivity index (χ1) is 12.8. The molecule has 0 aliphatic carbocycles. The van der Waals surface area contributed by atoms with Crippen molar-refractivity contribution in [3.05, 3.63) is 77.3 Å². The van der Waals surface area contributed by atoms with Gasteiger partial charge in [0.15, 0.2) is 0 Å². The third-order valence-electron chi connectivity index (χ3n) is 4.24. The topological polar surface area (TPSA) is 82.0 Å². The van der Waals surface area contributed by atoms with Crippen LogP contribution >= 0.6 is 0 Å². The van der Waals surface area contributed by atoms with Crippen LogP contribution in [0.25, 0.3) is 44.4 Å². The average molecular weight is 341 g/mol. The van der Waals surface area contributed by atoms with Gasteiger partial charge in [0.1, 0.15) is 28.8 Å². The van der Waals surface area contributed by atoms with Crippen LogP contribution in [-0.4, -0.2) is 15.4 Å². The van der Waals surface area contributed by atoms with Crippen molar-refractivity contribution in [2.24, 2.45) is 0 Å². The molecule has 0 atom stereocenters.